The molecule has 0 fully saturated rings. The molecule has 44 valence electrons. The molecule has 0 aliphatic carbocycles. The van der Waals surface area contributed by atoms with E-state index in [4.69, 9.17) is 0 Å². The molecular formula is C7H11P. The van der Waals surface area contributed by atoms with Crippen LogP contribution in [0.2, 0.25) is 0 Å². The maximum Gasteiger partial charge on any atom is -0.0129 e. The van der Waals surface area contributed by atoms with Crippen molar-refractivity contribution in [3.63, 3.8) is 0 Å². The van der Waals surface area contributed by atoms with Crippen molar-refractivity contribution in [2.24, 2.45) is 0 Å². The third kappa shape index (κ3) is 2.76. The third-order valence-electron chi connectivity index (χ3n) is 0.830. The van der Waals surface area contributed by atoms with Gasteiger partial charge in [-0.15, -0.1) is 9.24 Å². The number of rotatable bonds is 3. The van der Waals surface area contributed by atoms with Crippen LogP contribution in [0, 0.1) is 0 Å². The van der Waals surface area contributed by atoms with Crippen LogP contribution in [-0.2, 0) is 0 Å². The molecular weight excluding hydrogens is 115 g/mol. The topological polar surface area (TPSA) is 0 Å². The van der Waals surface area contributed by atoms with Crippen molar-refractivity contribution in [2.75, 3.05) is 6.16 Å². The van der Waals surface area contributed by atoms with Gasteiger partial charge < -0.3 is 0 Å². The van der Waals surface area contributed by atoms with Crippen molar-refractivity contribution in [3.05, 3.63) is 37.0 Å². The van der Waals surface area contributed by atoms with Crippen LogP contribution in [-0.4, -0.2) is 6.16 Å². The van der Waals surface area contributed by atoms with E-state index < -0.39 is 0 Å². The largest absolute Gasteiger partial charge is 0.133 e. The third-order valence-corrected chi connectivity index (χ3v) is 1.30. The standard InChI is InChI=1S/C7H11P/c1-3-5-7(4-2)6-8/h3-5H,1-2,6,8H2/b7-5+. The number of allylic oxidation sites excluding steroid dienone is 4. The molecule has 8 heavy (non-hydrogen) atoms. The van der Waals surface area contributed by atoms with Crippen LogP contribution in [0.3, 0.4) is 0 Å². The molecule has 1 heteroatoms. The SMILES string of the molecule is C=C/C=C(\C=C)CP. The van der Waals surface area contributed by atoms with Crippen LogP contribution in [0.5, 0.6) is 0 Å². The molecule has 0 aromatic heterocycles. The summed E-state index contributed by atoms with van der Waals surface area (Å²) in [7, 11) is 2.63. The highest BCUT2D eigenvalue weighted by Gasteiger charge is 1.79. The average Bonchev–Trinajstić information content (AvgIpc) is 1.83. The predicted octanol–water partition coefficient (Wildman–Crippen LogP) is 2.16. The van der Waals surface area contributed by atoms with E-state index in [0.717, 1.165) is 6.16 Å². The van der Waals surface area contributed by atoms with Gasteiger partial charge in [0.2, 0.25) is 0 Å². The molecule has 0 saturated heterocycles. The van der Waals surface area contributed by atoms with Gasteiger partial charge in [-0.25, -0.2) is 0 Å². The summed E-state index contributed by atoms with van der Waals surface area (Å²) in [6.07, 6.45) is 6.49. The molecule has 0 spiro atoms. The highest BCUT2D eigenvalue weighted by molar-refractivity contribution is 7.16. The lowest BCUT2D eigenvalue weighted by atomic mass is 10.3. The zero-order chi connectivity index (χ0) is 6.41. The van der Waals surface area contributed by atoms with E-state index in [2.05, 4.69) is 22.4 Å². The fraction of sp³-hybridized carbons (Fsp3) is 0.143. The molecule has 0 nitrogen and oxygen atoms in total. The van der Waals surface area contributed by atoms with Crippen molar-refractivity contribution < 1.29 is 0 Å². The van der Waals surface area contributed by atoms with Crippen LogP contribution in [0.15, 0.2) is 37.0 Å². The molecule has 0 aromatic rings. The minimum atomic E-state index is 0.954. The first kappa shape index (κ1) is 7.65. The Morgan fingerprint density at radius 1 is 1.50 bits per heavy atom. The Morgan fingerprint density at radius 3 is 2.25 bits per heavy atom. The second kappa shape index (κ2) is 4.80. The zero-order valence-corrected chi connectivity index (χ0v) is 6.09. The molecule has 0 N–H and O–H groups in total. The summed E-state index contributed by atoms with van der Waals surface area (Å²) in [6.45, 7) is 7.18. The van der Waals surface area contributed by atoms with Gasteiger partial charge in [-0.3, -0.25) is 0 Å². The molecule has 0 aliphatic heterocycles. The van der Waals surface area contributed by atoms with Gasteiger partial charge in [-0.1, -0.05) is 31.4 Å². The molecule has 0 radical (unpaired) electrons. The van der Waals surface area contributed by atoms with Crippen molar-refractivity contribution in [1.82, 2.24) is 0 Å². The minimum absolute atomic E-state index is 0.954. The summed E-state index contributed by atoms with van der Waals surface area (Å²) >= 11 is 0. The van der Waals surface area contributed by atoms with Crippen LogP contribution in [0.4, 0.5) is 0 Å². The van der Waals surface area contributed by atoms with Gasteiger partial charge in [0.1, 0.15) is 0 Å². The van der Waals surface area contributed by atoms with Gasteiger partial charge in [-0.2, -0.15) is 0 Å². The fourth-order valence-corrected chi connectivity index (χ4v) is 0.674. The summed E-state index contributed by atoms with van der Waals surface area (Å²) in [5, 5.41) is 0. The zero-order valence-electron chi connectivity index (χ0n) is 4.93. The maximum absolute atomic E-state index is 3.62. The van der Waals surface area contributed by atoms with E-state index in [9.17, 15) is 0 Å². The first-order valence-electron chi connectivity index (χ1n) is 2.49. The summed E-state index contributed by atoms with van der Waals surface area (Å²) in [6, 6.07) is 0. The van der Waals surface area contributed by atoms with Gasteiger partial charge >= 0.3 is 0 Å². The van der Waals surface area contributed by atoms with Gasteiger partial charge in [-0.05, 0) is 11.7 Å². The Labute approximate surface area is 53.2 Å². The molecule has 0 bridgehead atoms. The van der Waals surface area contributed by atoms with Crippen LogP contribution in [0.1, 0.15) is 0 Å². The Kier molecular flexibility index (Phi) is 4.59. The predicted molar refractivity (Wildman–Crippen MR) is 43.1 cm³/mol. The lowest BCUT2D eigenvalue weighted by molar-refractivity contribution is 1.56. The Balaban J connectivity index is 3.84. The second-order valence-corrected chi connectivity index (χ2v) is 1.79. The Morgan fingerprint density at radius 2 is 2.12 bits per heavy atom. The lowest BCUT2D eigenvalue weighted by Gasteiger charge is -1.89. The van der Waals surface area contributed by atoms with Gasteiger partial charge in [0.15, 0.2) is 0 Å². The molecule has 0 aromatic carbocycles. The van der Waals surface area contributed by atoms with Crippen LogP contribution in [0.25, 0.3) is 0 Å². The van der Waals surface area contributed by atoms with E-state index in [-0.39, 0.29) is 0 Å². The van der Waals surface area contributed by atoms with E-state index in [1.165, 1.54) is 5.57 Å². The monoisotopic (exact) mass is 126 g/mol. The van der Waals surface area contributed by atoms with E-state index in [1.54, 1.807) is 6.08 Å². The average molecular weight is 126 g/mol. The highest BCUT2D eigenvalue weighted by atomic mass is 31.0. The Bertz CT molecular complexity index is 112. The molecule has 0 aliphatic rings. The first-order valence-corrected chi connectivity index (χ1v) is 3.31. The lowest BCUT2D eigenvalue weighted by Crippen LogP contribution is -1.73. The quantitative estimate of drug-likeness (QED) is 0.401. The maximum atomic E-state index is 3.62. The molecule has 0 saturated carbocycles. The Hall–Kier alpha value is -0.350. The summed E-state index contributed by atoms with van der Waals surface area (Å²) in [5.41, 5.74) is 1.20. The molecule has 0 rings (SSSR count). The summed E-state index contributed by atoms with van der Waals surface area (Å²) < 4.78 is 0. The van der Waals surface area contributed by atoms with Crippen LogP contribution >= 0.6 is 9.24 Å². The number of hydrogen-bond donors (Lipinski definition) is 0. The van der Waals surface area contributed by atoms with Crippen molar-refractivity contribution in [1.29, 1.82) is 0 Å². The minimum Gasteiger partial charge on any atom is -0.133 e. The molecule has 0 heterocycles. The van der Waals surface area contributed by atoms with Gasteiger partial charge in [0.25, 0.3) is 0 Å². The molecule has 0 amide bonds. The van der Waals surface area contributed by atoms with E-state index in [1.807, 2.05) is 12.2 Å². The summed E-state index contributed by atoms with van der Waals surface area (Å²) in [4.78, 5) is 0. The van der Waals surface area contributed by atoms with Gasteiger partial charge in [0.05, 0.1) is 0 Å². The van der Waals surface area contributed by atoms with Crippen molar-refractivity contribution in [3.8, 4) is 0 Å². The van der Waals surface area contributed by atoms with E-state index in [0.29, 0.717) is 0 Å². The first-order chi connectivity index (χ1) is 3.85. The normalized spacial score (nSPS) is 10.9. The summed E-state index contributed by atoms with van der Waals surface area (Å²) in [5.74, 6) is 0. The number of hydrogen-bond acceptors (Lipinski definition) is 0. The van der Waals surface area contributed by atoms with Crippen LogP contribution < -0.4 is 0 Å². The molecule has 1 unspecified atom stereocenters. The smallest absolute Gasteiger partial charge is 0.0129 e. The molecule has 1 atom stereocenters. The van der Waals surface area contributed by atoms with Crippen molar-refractivity contribution in [2.45, 2.75) is 0 Å². The van der Waals surface area contributed by atoms with E-state index >= 15 is 0 Å². The highest BCUT2D eigenvalue weighted by Crippen LogP contribution is 1.99. The fourth-order valence-electron chi connectivity index (χ4n) is 0.371. The van der Waals surface area contributed by atoms with Gasteiger partial charge in [0, 0.05) is 0 Å². The van der Waals surface area contributed by atoms with Crippen molar-refractivity contribution >= 4 is 9.24 Å². The second-order valence-electron chi connectivity index (χ2n) is 1.39.